The number of benzene rings is 1. The Balaban J connectivity index is 2.16. The minimum atomic E-state index is -4.84. The lowest BCUT2D eigenvalue weighted by atomic mass is 10.2. The Labute approximate surface area is 133 Å². The van der Waals surface area contributed by atoms with Crippen LogP contribution in [0.5, 0.6) is 0 Å². The van der Waals surface area contributed by atoms with Gasteiger partial charge in [-0.25, -0.2) is 0 Å². The highest BCUT2D eigenvalue weighted by molar-refractivity contribution is 9.10. The van der Waals surface area contributed by atoms with E-state index in [1.165, 1.54) is 18.3 Å². The number of halogens is 2. The van der Waals surface area contributed by atoms with Crippen LogP contribution in [0.1, 0.15) is 5.56 Å². The molecule has 6 nitrogen and oxygen atoms in total. The van der Waals surface area contributed by atoms with Crippen molar-refractivity contribution in [3.63, 3.8) is 0 Å². The number of carbonyl (C=O) groups is 1. The summed E-state index contributed by atoms with van der Waals surface area (Å²) in [6, 6.07) is 6.40. The largest absolute Gasteiger partial charge is 0.332 e. The first-order valence-corrected chi connectivity index (χ1v) is 8.15. The minimum Gasteiger partial charge on any atom is -0.328 e. The number of pyridine rings is 1. The van der Waals surface area contributed by atoms with E-state index in [1.807, 2.05) is 0 Å². The van der Waals surface area contributed by atoms with Crippen LogP contribution >= 0.6 is 15.9 Å². The predicted octanol–water partition coefficient (Wildman–Crippen LogP) is 1.98. The average Bonchev–Trinajstić information content (AvgIpc) is 2.43. The summed E-state index contributed by atoms with van der Waals surface area (Å²) in [5.41, 5.74) is 0.246. The van der Waals surface area contributed by atoms with E-state index in [0.29, 0.717) is 5.56 Å². The molecule has 1 amide bonds. The predicted molar refractivity (Wildman–Crippen MR) is 81.8 cm³/mol. The summed E-state index contributed by atoms with van der Waals surface area (Å²) in [7, 11) is -4.84. The van der Waals surface area contributed by atoms with Crippen molar-refractivity contribution >= 4 is 37.7 Å². The Kier molecular flexibility index (Phi) is 4.77. The van der Waals surface area contributed by atoms with Gasteiger partial charge in [0.25, 0.3) is 5.56 Å². The second-order valence-corrected chi connectivity index (χ2v) is 6.48. The molecule has 2 rings (SSSR count). The summed E-state index contributed by atoms with van der Waals surface area (Å²) in [5, 5.41) is 2.45. The van der Waals surface area contributed by atoms with Crippen LogP contribution in [-0.4, -0.2) is 19.3 Å². The second kappa shape index (κ2) is 6.41. The van der Waals surface area contributed by atoms with Crippen LogP contribution in [0.3, 0.4) is 0 Å². The van der Waals surface area contributed by atoms with Crippen molar-refractivity contribution in [2.75, 3.05) is 5.32 Å². The maximum Gasteiger partial charge on any atom is 0.332 e. The van der Waals surface area contributed by atoms with Gasteiger partial charge in [0, 0.05) is 11.9 Å². The number of hydrogen-bond donors (Lipinski definition) is 2. The molecule has 0 aliphatic carbocycles. The molecule has 0 bridgehead atoms. The zero-order chi connectivity index (χ0) is 16.3. The molecule has 0 unspecified atom stereocenters. The second-order valence-electron chi connectivity index (χ2n) is 4.34. The van der Waals surface area contributed by atoms with Crippen LogP contribution in [0, 0.1) is 0 Å². The molecule has 1 aromatic carbocycles. The molecule has 1 heterocycles. The van der Waals surface area contributed by atoms with Gasteiger partial charge < -0.3 is 10.3 Å². The van der Waals surface area contributed by atoms with Crippen LogP contribution in [0.15, 0.2) is 50.7 Å². The molecule has 0 fully saturated rings. The van der Waals surface area contributed by atoms with Gasteiger partial charge in [0.2, 0.25) is 5.91 Å². The lowest BCUT2D eigenvalue weighted by molar-refractivity contribution is -0.115. The number of nitrogens with one attached hydrogen (secondary N) is 2. The first-order chi connectivity index (χ1) is 10.3. The molecule has 0 spiro atoms. The van der Waals surface area contributed by atoms with E-state index in [0.717, 1.165) is 12.1 Å². The molecule has 9 heteroatoms. The monoisotopic (exact) mass is 388 g/mol. The van der Waals surface area contributed by atoms with E-state index in [2.05, 4.69) is 26.2 Å². The molecule has 0 saturated heterocycles. The zero-order valence-corrected chi connectivity index (χ0v) is 13.4. The Morgan fingerprint density at radius 1 is 1.32 bits per heavy atom. The van der Waals surface area contributed by atoms with Crippen LogP contribution in [-0.2, 0) is 21.4 Å². The Bertz CT molecular complexity index is 880. The van der Waals surface area contributed by atoms with Crippen molar-refractivity contribution in [1.82, 2.24) is 4.98 Å². The van der Waals surface area contributed by atoms with E-state index in [-0.39, 0.29) is 22.1 Å². The van der Waals surface area contributed by atoms with Crippen molar-refractivity contribution in [2.45, 2.75) is 11.3 Å². The van der Waals surface area contributed by atoms with E-state index in [1.54, 1.807) is 6.07 Å². The van der Waals surface area contributed by atoms with Crippen molar-refractivity contribution in [3.05, 3.63) is 56.9 Å². The number of aromatic amines is 1. The van der Waals surface area contributed by atoms with E-state index >= 15 is 0 Å². The van der Waals surface area contributed by atoms with Crippen LogP contribution in [0.4, 0.5) is 9.57 Å². The van der Waals surface area contributed by atoms with Gasteiger partial charge in [-0.2, -0.15) is 8.42 Å². The van der Waals surface area contributed by atoms with Gasteiger partial charge in [-0.05, 0) is 45.8 Å². The lowest BCUT2D eigenvalue weighted by Gasteiger charge is -2.07. The maximum absolute atomic E-state index is 12.9. The third kappa shape index (κ3) is 4.01. The van der Waals surface area contributed by atoms with Crippen molar-refractivity contribution in [1.29, 1.82) is 0 Å². The van der Waals surface area contributed by atoms with E-state index in [9.17, 15) is 21.9 Å². The van der Waals surface area contributed by atoms with Crippen LogP contribution in [0.2, 0.25) is 0 Å². The molecule has 22 heavy (non-hydrogen) atoms. The van der Waals surface area contributed by atoms with Gasteiger partial charge in [-0.15, -0.1) is 3.89 Å². The quantitative estimate of drug-likeness (QED) is 0.782. The lowest BCUT2D eigenvalue weighted by Crippen LogP contribution is -2.17. The summed E-state index contributed by atoms with van der Waals surface area (Å²) in [6.07, 6.45) is 1.31. The summed E-state index contributed by atoms with van der Waals surface area (Å²) < 4.78 is 34.8. The third-order valence-electron chi connectivity index (χ3n) is 2.73. The average molecular weight is 389 g/mol. The smallest absolute Gasteiger partial charge is 0.328 e. The minimum absolute atomic E-state index is 0.100. The van der Waals surface area contributed by atoms with Gasteiger partial charge in [0.15, 0.2) is 0 Å². The first kappa shape index (κ1) is 16.4. The summed E-state index contributed by atoms with van der Waals surface area (Å²) >= 11 is 3.08. The maximum atomic E-state index is 12.9. The zero-order valence-electron chi connectivity index (χ0n) is 11.0. The van der Waals surface area contributed by atoms with Gasteiger partial charge in [-0.3, -0.25) is 9.59 Å². The highest BCUT2D eigenvalue weighted by Gasteiger charge is 2.14. The molecular formula is C13H10BrFN2O4S. The normalized spacial score (nSPS) is 11.2. The van der Waals surface area contributed by atoms with Gasteiger partial charge >= 0.3 is 10.2 Å². The molecule has 0 radical (unpaired) electrons. The van der Waals surface area contributed by atoms with Crippen LogP contribution < -0.4 is 10.9 Å². The third-order valence-corrected chi connectivity index (χ3v) is 4.42. The first-order valence-electron chi connectivity index (χ1n) is 5.98. The van der Waals surface area contributed by atoms with Crippen molar-refractivity contribution < 1.29 is 17.1 Å². The number of carbonyl (C=O) groups excluding carboxylic acids is 1. The fourth-order valence-corrected chi connectivity index (χ4v) is 2.64. The summed E-state index contributed by atoms with van der Waals surface area (Å²) in [6.45, 7) is 0. The number of hydrogen-bond acceptors (Lipinski definition) is 4. The topological polar surface area (TPSA) is 96.1 Å². The molecule has 116 valence electrons. The van der Waals surface area contributed by atoms with Crippen molar-refractivity contribution in [3.8, 4) is 0 Å². The Morgan fingerprint density at radius 3 is 2.73 bits per heavy atom. The van der Waals surface area contributed by atoms with Gasteiger partial charge in [0.05, 0.1) is 10.9 Å². The van der Waals surface area contributed by atoms with E-state index < -0.39 is 21.0 Å². The van der Waals surface area contributed by atoms with Gasteiger partial charge in [0.1, 0.15) is 4.90 Å². The molecule has 0 aliphatic heterocycles. The molecule has 0 aliphatic rings. The van der Waals surface area contributed by atoms with Crippen molar-refractivity contribution in [2.24, 2.45) is 0 Å². The summed E-state index contributed by atoms with van der Waals surface area (Å²) in [4.78, 5) is 25.2. The standard InChI is InChI=1S/C13H10BrFN2O4S/c14-12-8(4-5-16-13(12)19)6-11(18)17-9-2-1-3-10(7-9)22(15,20)21/h1-5,7H,6H2,(H,16,19)(H,17,18). The molecular weight excluding hydrogens is 379 g/mol. The molecule has 2 N–H and O–H groups in total. The SMILES string of the molecule is O=C(Cc1cc[nH]c(=O)c1Br)Nc1cccc(S(=O)(=O)F)c1. The van der Waals surface area contributed by atoms with Gasteiger partial charge in [-0.1, -0.05) is 6.07 Å². The number of anilines is 1. The molecule has 0 saturated carbocycles. The van der Waals surface area contributed by atoms with Crippen LogP contribution in [0.25, 0.3) is 0 Å². The Morgan fingerprint density at radius 2 is 2.05 bits per heavy atom. The number of amides is 1. The fraction of sp³-hybridized carbons (Fsp3) is 0.0769. The van der Waals surface area contributed by atoms with E-state index in [4.69, 9.17) is 0 Å². The number of H-pyrrole nitrogens is 1. The molecule has 0 atom stereocenters. The molecule has 1 aromatic heterocycles. The highest BCUT2D eigenvalue weighted by Crippen LogP contribution is 2.18. The Hall–Kier alpha value is -2.00. The summed E-state index contributed by atoms with van der Waals surface area (Å²) in [5.74, 6) is -0.472. The highest BCUT2D eigenvalue weighted by atomic mass is 79.9. The fourth-order valence-electron chi connectivity index (χ4n) is 1.74. The number of rotatable bonds is 4. The molecule has 2 aromatic rings. The number of aromatic nitrogens is 1.